The summed E-state index contributed by atoms with van der Waals surface area (Å²) < 4.78 is 2.09. The van der Waals surface area contributed by atoms with Gasteiger partial charge in [-0.3, -0.25) is 0 Å². The van der Waals surface area contributed by atoms with Crippen molar-refractivity contribution in [3.05, 3.63) is 18.2 Å². The number of aromatic nitrogens is 2. The molecule has 2 heteroatoms. The Kier molecular flexibility index (Phi) is 2.55. The number of rotatable bonds is 3. The van der Waals surface area contributed by atoms with E-state index in [1.807, 2.05) is 19.6 Å². The Bertz CT molecular complexity index is 248. The molecule has 0 aliphatic carbocycles. The summed E-state index contributed by atoms with van der Waals surface area (Å²) in [4.78, 5) is 4.10. The summed E-state index contributed by atoms with van der Waals surface area (Å²) in [6, 6.07) is 0. The zero-order valence-corrected chi connectivity index (χ0v) is 8.46. The van der Waals surface area contributed by atoms with Gasteiger partial charge in [-0.25, -0.2) is 4.98 Å². The van der Waals surface area contributed by atoms with Gasteiger partial charge in [0.2, 0.25) is 0 Å². The van der Waals surface area contributed by atoms with E-state index in [-0.39, 0.29) is 0 Å². The predicted octanol–water partition coefficient (Wildman–Crippen LogP) is 2.40. The van der Waals surface area contributed by atoms with Gasteiger partial charge in [0.05, 0.1) is 6.33 Å². The van der Waals surface area contributed by atoms with E-state index in [2.05, 4.69) is 30.3 Å². The average molecular weight is 166 g/mol. The van der Waals surface area contributed by atoms with E-state index in [1.54, 1.807) is 0 Å². The summed E-state index contributed by atoms with van der Waals surface area (Å²) in [5.41, 5.74) is 1.72. The summed E-state index contributed by atoms with van der Waals surface area (Å²) in [7, 11) is 2.05. The van der Waals surface area contributed by atoms with Crippen LogP contribution >= 0.6 is 0 Å². The maximum absolute atomic E-state index is 4.10. The molecule has 0 aliphatic heterocycles. The molecular formula is C10H18N2. The Labute approximate surface area is 74.6 Å². The molecule has 1 heterocycles. The molecule has 0 fully saturated rings. The van der Waals surface area contributed by atoms with Crippen LogP contribution < -0.4 is 0 Å². The molecule has 1 aromatic rings. The molecule has 2 nitrogen and oxygen atoms in total. The van der Waals surface area contributed by atoms with Crippen molar-refractivity contribution in [2.45, 2.75) is 33.6 Å². The third kappa shape index (κ3) is 2.10. The largest absolute Gasteiger partial charge is 0.338 e. The number of hydrogen-bond donors (Lipinski definition) is 0. The van der Waals surface area contributed by atoms with E-state index < -0.39 is 0 Å². The van der Waals surface area contributed by atoms with Gasteiger partial charge < -0.3 is 4.57 Å². The van der Waals surface area contributed by atoms with Crippen LogP contribution in [0.1, 0.15) is 32.9 Å². The van der Waals surface area contributed by atoms with Crippen molar-refractivity contribution >= 4 is 0 Å². The zero-order chi connectivity index (χ0) is 9.19. The van der Waals surface area contributed by atoms with Gasteiger partial charge in [0.25, 0.3) is 0 Å². The van der Waals surface area contributed by atoms with E-state index >= 15 is 0 Å². The van der Waals surface area contributed by atoms with Crippen molar-refractivity contribution in [3.8, 4) is 0 Å². The summed E-state index contributed by atoms with van der Waals surface area (Å²) in [6.45, 7) is 6.82. The van der Waals surface area contributed by atoms with E-state index in [0.29, 0.717) is 5.41 Å². The molecule has 0 saturated carbocycles. The van der Waals surface area contributed by atoms with Gasteiger partial charge in [0.15, 0.2) is 0 Å². The van der Waals surface area contributed by atoms with Crippen molar-refractivity contribution in [3.63, 3.8) is 0 Å². The van der Waals surface area contributed by atoms with Gasteiger partial charge in [-0.15, -0.1) is 0 Å². The van der Waals surface area contributed by atoms with Gasteiger partial charge in [-0.05, 0) is 11.8 Å². The fraction of sp³-hybridized carbons (Fsp3) is 0.700. The zero-order valence-electron chi connectivity index (χ0n) is 8.46. The number of hydrogen-bond acceptors (Lipinski definition) is 1. The van der Waals surface area contributed by atoms with Crippen LogP contribution in [0.25, 0.3) is 0 Å². The van der Waals surface area contributed by atoms with E-state index in [9.17, 15) is 0 Å². The highest BCUT2D eigenvalue weighted by Gasteiger charge is 2.17. The van der Waals surface area contributed by atoms with Crippen molar-refractivity contribution in [1.82, 2.24) is 9.55 Å². The second kappa shape index (κ2) is 3.30. The third-order valence-electron chi connectivity index (χ3n) is 2.53. The highest BCUT2D eigenvalue weighted by atomic mass is 15.0. The Balaban J connectivity index is 2.70. The Hall–Kier alpha value is -0.790. The van der Waals surface area contributed by atoms with Crippen LogP contribution in [0.3, 0.4) is 0 Å². The van der Waals surface area contributed by atoms with Crippen molar-refractivity contribution in [2.24, 2.45) is 12.5 Å². The van der Waals surface area contributed by atoms with E-state index in [0.717, 1.165) is 6.42 Å². The molecule has 1 rings (SSSR count). The first-order valence-electron chi connectivity index (χ1n) is 4.50. The molecule has 0 bridgehead atoms. The molecule has 0 N–H and O–H groups in total. The highest BCUT2D eigenvalue weighted by Crippen LogP contribution is 2.24. The van der Waals surface area contributed by atoms with Crippen molar-refractivity contribution < 1.29 is 0 Å². The standard InChI is InChI=1S/C10H18N2/c1-5-10(2,3)6-9-7-11-8-12(9)4/h7-8H,5-6H2,1-4H3. The Morgan fingerprint density at radius 2 is 2.17 bits per heavy atom. The normalized spacial score (nSPS) is 12.0. The lowest BCUT2D eigenvalue weighted by Gasteiger charge is -2.22. The minimum Gasteiger partial charge on any atom is -0.338 e. The Morgan fingerprint density at radius 1 is 1.50 bits per heavy atom. The summed E-state index contributed by atoms with van der Waals surface area (Å²) in [5, 5.41) is 0. The molecular weight excluding hydrogens is 148 g/mol. The first-order chi connectivity index (χ1) is 5.55. The predicted molar refractivity (Wildman–Crippen MR) is 51.0 cm³/mol. The summed E-state index contributed by atoms with van der Waals surface area (Å²) in [6.07, 6.45) is 6.14. The lowest BCUT2D eigenvalue weighted by molar-refractivity contribution is 0.342. The molecule has 0 unspecified atom stereocenters. The van der Waals surface area contributed by atoms with Crippen LogP contribution in [0.2, 0.25) is 0 Å². The van der Waals surface area contributed by atoms with Gasteiger partial charge in [-0.1, -0.05) is 27.2 Å². The molecule has 0 amide bonds. The topological polar surface area (TPSA) is 17.8 Å². The number of nitrogens with zero attached hydrogens (tertiary/aromatic N) is 2. The van der Waals surface area contributed by atoms with Gasteiger partial charge >= 0.3 is 0 Å². The molecule has 0 saturated heterocycles. The third-order valence-corrected chi connectivity index (χ3v) is 2.53. The Morgan fingerprint density at radius 3 is 2.58 bits per heavy atom. The molecule has 68 valence electrons. The fourth-order valence-corrected chi connectivity index (χ4v) is 1.17. The summed E-state index contributed by atoms with van der Waals surface area (Å²) >= 11 is 0. The van der Waals surface area contributed by atoms with Crippen molar-refractivity contribution in [2.75, 3.05) is 0 Å². The van der Waals surface area contributed by atoms with Crippen LogP contribution in [0.5, 0.6) is 0 Å². The molecule has 0 aliphatic rings. The second-order valence-corrected chi connectivity index (χ2v) is 4.19. The van der Waals surface area contributed by atoms with Crippen LogP contribution in [-0.4, -0.2) is 9.55 Å². The molecule has 0 atom stereocenters. The minimum atomic E-state index is 0.397. The van der Waals surface area contributed by atoms with Crippen LogP contribution in [0.15, 0.2) is 12.5 Å². The SMILES string of the molecule is CCC(C)(C)Cc1cncn1C. The number of imidazole rings is 1. The lowest BCUT2D eigenvalue weighted by atomic mass is 9.85. The maximum atomic E-state index is 4.10. The monoisotopic (exact) mass is 166 g/mol. The van der Waals surface area contributed by atoms with Gasteiger partial charge in [-0.2, -0.15) is 0 Å². The summed E-state index contributed by atoms with van der Waals surface area (Å²) in [5.74, 6) is 0. The molecule has 0 aromatic carbocycles. The minimum absolute atomic E-state index is 0.397. The molecule has 12 heavy (non-hydrogen) atoms. The van der Waals surface area contributed by atoms with Crippen LogP contribution in [0.4, 0.5) is 0 Å². The van der Waals surface area contributed by atoms with Gasteiger partial charge in [0, 0.05) is 18.9 Å². The molecule has 0 spiro atoms. The average Bonchev–Trinajstić information content (AvgIpc) is 2.36. The second-order valence-electron chi connectivity index (χ2n) is 4.19. The highest BCUT2D eigenvalue weighted by molar-refractivity contribution is 5.00. The van der Waals surface area contributed by atoms with Crippen molar-refractivity contribution in [1.29, 1.82) is 0 Å². The lowest BCUT2D eigenvalue weighted by Crippen LogP contribution is -2.15. The van der Waals surface area contributed by atoms with Crippen LogP contribution in [-0.2, 0) is 13.5 Å². The number of aryl methyl sites for hydroxylation is 1. The first kappa shape index (κ1) is 9.30. The quantitative estimate of drug-likeness (QED) is 0.674. The molecule has 1 aromatic heterocycles. The van der Waals surface area contributed by atoms with E-state index in [1.165, 1.54) is 12.1 Å². The van der Waals surface area contributed by atoms with Gasteiger partial charge in [0.1, 0.15) is 0 Å². The maximum Gasteiger partial charge on any atom is 0.0945 e. The fourth-order valence-electron chi connectivity index (χ4n) is 1.17. The van der Waals surface area contributed by atoms with Crippen LogP contribution in [0, 0.1) is 5.41 Å². The van der Waals surface area contributed by atoms with E-state index in [4.69, 9.17) is 0 Å². The smallest absolute Gasteiger partial charge is 0.0945 e. The first-order valence-corrected chi connectivity index (χ1v) is 4.50. The molecule has 0 radical (unpaired) electrons.